The van der Waals surface area contributed by atoms with Crippen molar-refractivity contribution in [1.82, 2.24) is 29.5 Å². The summed E-state index contributed by atoms with van der Waals surface area (Å²) in [4.78, 5) is 26.4. The Morgan fingerprint density at radius 1 is 1.34 bits per heavy atom. The Morgan fingerprint density at radius 2 is 2.17 bits per heavy atom. The van der Waals surface area contributed by atoms with E-state index in [2.05, 4.69) is 20.1 Å². The molecule has 0 aromatic carbocycles. The summed E-state index contributed by atoms with van der Waals surface area (Å²) >= 11 is 0. The van der Waals surface area contributed by atoms with Crippen LogP contribution in [0, 0.1) is 17.2 Å². The number of aromatic nitrogens is 5. The number of rotatable bonds is 3. The molecule has 3 aromatic heterocycles. The van der Waals surface area contributed by atoms with Crippen molar-refractivity contribution < 1.29 is 13.6 Å². The monoisotopic (exact) mass is 397 g/mol. The summed E-state index contributed by atoms with van der Waals surface area (Å²) in [6, 6.07) is 6.32. The van der Waals surface area contributed by atoms with Gasteiger partial charge in [0.05, 0.1) is 17.3 Å². The number of carbonyl (C=O) groups is 1. The van der Waals surface area contributed by atoms with Gasteiger partial charge in [0.1, 0.15) is 17.7 Å². The highest BCUT2D eigenvalue weighted by molar-refractivity contribution is 5.92. The predicted molar refractivity (Wildman–Crippen MR) is 97.1 cm³/mol. The van der Waals surface area contributed by atoms with E-state index in [9.17, 15) is 13.6 Å². The minimum atomic E-state index is -2.73. The second-order valence-corrected chi connectivity index (χ2v) is 7.04. The number of hydrogen-bond acceptors (Lipinski definition) is 6. The van der Waals surface area contributed by atoms with E-state index in [0.29, 0.717) is 30.8 Å². The van der Waals surface area contributed by atoms with Crippen LogP contribution in [-0.4, -0.2) is 48.5 Å². The second-order valence-electron chi connectivity index (χ2n) is 7.04. The smallest absolute Gasteiger partial charge is 0.280 e. The quantitative estimate of drug-likeness (QED) is 0.673. The van der Waals surface area contributed by atoms with Crippen LogP contribution in [-0.2, 0) is 0 Å². The highest BCUT2D eigenvalue weighted by Gasteiger charge is 2.33. The number of likely N-dealkylation sites (tertiary alicyclic amines) is 1. The third-order valence-electron chi connectivity index (χ3n) is 5.26. The Balaban J connectivity index is 1.68. The minimum absolute atomic E-state index is 0.108. The van der Waals surface area contributed by atoms with Crippen LogP contribution < -0.4 is 0 Å². The van der Waals surface area contributed by atoms with E-state index in [1.807, 2.05) is 13.0 Å². The summed E-state index contributed by atoms with van der Waals surface area (Å²) in [5.41, 5.74) is 0.725. The van der Waals surface area contributed by atoms with Gasteiger partial charge in [0.2, 0.25) is 0 Å². The molecule has 0 aliphatic carbocycles. The molecule has 4 heterocycles. The van der Waals surface area contributed by atoms with E-state index in [1.165, 1.54) is 35.2 Å². The first-order valence-electron chi connectivity index (χ1n) is 9.12. The molecule has 1 aliphatic rings. The highest BCUT2D eigenvalue weighted by atomic mass is 19.3. The molecule has 3 aromatic rings. The Kier molecular flexibility index (Phi) is 4.88. The van der Waals surface area contributed by atoms with Crippen LogP contribution in [0.5, 0.6) is 0 Å². The van der Waals surface area contributed by atoms with Crippen LogP contribution in [0.3, 0.4) is 0 Å². The number of carbonyl (C=O) groups excluding carboxylic acids is 1. The van der Waals surface area contributed by atoms with Crippen molar-refractivity contribution in [2.75, 3.05) is 13.1 Å². The fraction of sp³-hybridized carbons (Fsp3) is 0.368. The summed E-state index contributed by atoms with van der Waals surface area (Å²) in [5.74, 6) is -0.275. The molecule has 10 heteroatoms. The van der Waals surface area contributed by atoms with Gasteiger partial charge in [0.15, 0.2) is 0 Å². The van der Waals surface area contributed by atoms with Gasteiger partial charge in [-0.15, -0.1) is 0 Å². The summed E-state index contributed by atoms with van der Waals surface area (Å²) in [6.07, 6.45) is 0.656. The first kappa shape index (κ1) is 18.9. The van der Waals surface area contributed by atoms with Crippen molar-refractivity contribution >= 4 is 11.7 Å². The number of halogens is 2. The standard InChI is InChI=1S/C19H17F2N7O/c1-11-3-5-27(18(29)15-6-12(8-22)2-4-23-15)9-13(11)16-7-14(17(20)21)26-19-24-10-25-28(16)19/h2,4,6-7,10-11,13,17H,3,5,9H2,1H3/t11-,13-/m1/s1. The largest absolute Gasteiger partial charge is 0.337 e. The molecule has 0 bridgehead atoms. The fourth-order valence-electron chi connectivity index (χ4n) is 3.65. The maximum atomic E-state index is 13.3. The Hall–Kier alpha value is -3.48. The zero-order chi connectivity index (χ0) is 20.5. The number of pyridine rings is 1. The molecule has 148 valence electrons. The Morgan fingerprint density at radius 3 is 2.93 bits per heavy atom. The van der Waals surface area contributed by atoms with Crippen LogP contribution in [0.25, 0.3) is 5.78 Å². The first-order chi connectivity index (χ1) is 14.0. The molecule has 0 saturated carbocycles. The molecular weight excluding hydrogens is 380 g/mol. The number of nitriles is 1. The van der Waals surface area contributed by atoms with Crippen molar-refractivity contribution in [3.8, 4) is 6.07 Å². The number of nitrogens with zero attached hydrogens (tertiary/aromatic N) is 7. The molecular formula is C19H17F2N7O. The van der Waals surface area contributed by atoms with Crippen molar-refractivity contribution in [2.24, 2.45) is 5.92 Å². The molecule has 0 N–H and O–H groups in total. The summed E-state index contributed by atoms with van der Waals surface area (Å²) in [5, 5.41) is 13.2. The average molecular weight is 397 g/mol. The zero-order valence-electron chi connectivity index (χ0n) is 15.5. The molecule has 29 heavy (non-hydrogen) atoms. The topological polar surface area (TPSA) is 100 Å². The fourth-order valence-corrected chi connectivity index (χ4v) is 3.65. The lowest BCUT2D eigenvalue weighted by molar-refractivity contribution is 0.0659. The molecule has 1 fully saturated rings. The van der Waals surface area contributed by atoms with Gasteiger partial charge in [0.25, 0.3) is 18.1 Å². The second kappa shape index (κ2) is 7.50. The Bertz CT molecular complexity index is 1110. The van der Waals surface area contributed by atoms with Gasteiger partial charge in [-0.05, 0) is 30.5 Å². The predicted octanol–water partition coefficient (Wildman–Crippen LogP) is 2.59. The molecule has 0 spiro atoms. The molecule has 1 saturated heterocycles. The normalized spacial score (nSPS) is 19.5. The van der Waals surface area contributed by atoms with Crippen molar-refractivity contribution in [3.63, 3.8) is 0 Å². The van der Waals surface area contributed by atoms with Gasteiger partial charge < -0.3 is 4.90 Å². The van der Waals surface area contributed by atoms with Crippen molar-refractivity contribution in [1.29, 1.82) is 5.26 Å². The van der Waals surface area contributed by atoms with Crippen LogP contribution >= 0.6 is 0 Å². The molecule has 0 unspecified atom stereocenters. The van der Waals surface area contributed by atoms with Gasteiger partial charge in [-0.3, -0.25) is 9.78 Å². The van der Waals surface area contributed by atoms with Gasteiger partial charge in [-0.25, -0.2) is 18.3 Å². The van der Waals surface area contributed by atoms with Gasteiger partial charge in [-0.2, -0.15) is 15.3 Å². The third-order valence-corrected chi connectivity index (χ3v) is 5.26. The molecule has 8 nitrogen and oxygen atoms in total. The zero-order valence-corrected chi connectivity index (χ0v) is 15.5. The van der Waals surface area contributed by atoms with Crippen LogP contribution in [0.4, 0.5) is 8.78 Å². The van der Waals surface area contributed by atoms with Crippen molar-refractivity contribution in [3.05, 3.63) is 53.4 Å². The molecule has 1 aliphatic heterocycles. The molecule has 1 amide bonds. The lowest BCUT2D eigenvalue weighted by Gasteiger charge is -2.37. The summed E-state index contributed by atoms with van der Waals surface area (Å²) in [6.45, 7) is 2.86. The van der Waals surface area contributed by atoms with E-state index in [-0.39, 0.29) is 34.9 Å². The summed E-state index contributed by atoms with van der Waals surface area (Å²) < 4.78 is 28.1. The van der Waals surface area contributed by atoms with Crippen molar-refractivity contribution in [2.45, 2.75) is 25.7 Å². The number of alkyl halides is 2. The van der Waals surface area contributed by atoms with E-state index in [4.69, 9.17) is 5.26 Å². The van der Waals surface area contributed by atoms with E-state index < -0.39 is 6.43 Å². The van der Waals surface area contributed by atoms with E-state index >= 15 is 0 Å². The average Bonchev–Trinajstić information content (AvgIpc) is 3.22. The SMILES string of the molecule is C[C@@H]1CCN(C(=O)c2cc(C#N)ccn2)C[C@H]1c1cc(C(F)F)nc2ncnn12. The van der Waals surface area contributed by atoms with Gasteiger partial charge in [0, 0.05) is 25.2 Å². The lowest BCUT2D eigenvalue weighted by Crippen LogP contribution is -2.43. The third kappa shape index (κ3) is 3.51. The molecule has 4 rings (SSSR count). The lowest BCUT2D eigenvalue weighted by atomic mass is 9.84. The molecule has 0 radical (unpaired) electrons. The number of piperidine rings is 1. The number of hydrogen-bond donors (Lipinski definition) is 0. The number of amides is 1. The first-order valence-corrected chi connectivity index (χ1v) is 9.12. The highest BCUT2D eigenvalue weighted by Crippen LogP contribution is 2.34. The van der Waals surface area contributed by atoms with Gasteiger partial charge in [-0.1, -0.05) is 6.92 Å². The van der Waals surface area contributed by atoms with Crippen LogP contribution in [0.15, 0.2) is 30.7 Å². The maximum absolute atomic E-state index is 13.3. The Labute approximate surface area is 164 Å². The van der Waals surface area contributed by atoms with E-state index in [0.717, 1.165) is 0 Å². The molecule has 2 atom stereocenters. The summed E-state index contributed by atoms with van der Waals surface area (Å²) in [7, 11) is 0. The van der Waals surface area contributed by atoms with E-state index in [1.54, 1.807) is 4.90 Å². The minimum Gasteiger partial charge on any atom is -0.337 e. The van der Waals surface area contributed by atoms with Crippen LogP contribution in [0.2, 0.25) is 0 Å². The van der Waals surface area contributed by atoms with Crippen LogP contribution in [0.1, 0.15) is 53.1 Å². The maximum Gasteiger partial charge on any atom is 0.280 e. The number of fused-ring (bicyclic) bond motifs is 1. The van der Waals surface area contributed by atoms with Gasteiger partial charge >= 0.3 is 0 Å².